The molecule has 1 aliphatic heterocycles. The Labute approximate surface area is 145 Å². The molecule has 0 spiro atoms. The molecule has 7 heteroatoms. The number of benzene rings is 1. The Kier molecular flexibility index (Phi) is 7.85. The molecule has 0 radical (unpaired) electrons. The van der Waals surface area contributed by atoms with Crippen LogP contribution >= 0.6 is 28.3 Å². The van der Waals surface area contributed by atoms with Gasteiger partial charge in [0.25, 0.3) is 0 Å². The summed E-state index contributed by atoms with van der Waals surface area (Å²) < 4.78 is 0.996. The number of halogens is 2. The quantitative estimate of drug-likeness (QED) is 0.775. The number of rotatable bonds is 6. The lowest BCUT2D eigenvalue weighted by Crippen LogP contribution is -2.51. The van der Waals surface area contributed by atoms with E-state index in [-0.39, 0.29) is 30.1 Å². The second-order valence-electron chi connectivity index (χ2n) is 5.24. The molecule has 2 rings (SSSR count). The molecule has 1 heterocycles. The van der Waals surface area contributed by atoms with Gasteiger partial charge >= 0.3 is 0 Å². The molecule has 0 aliphatic carbocycles. The van der Waals surface area contributed by atoms with Crippen molar-refractivity contribution >= 4 is 40.2 Å². The largest absolute Gasteiger partial charge is 0.355 e. The van der Waals surface area contributed by atoms with Crippen molar-refractivity contribution in [1.29, 1.82) is 0 Å². The summed E-state index contributed by atoms with van der Waals surface area (Å²) in [5.41, 5.74) is 1.07. The summed E-state index contributed by atoms with van der Waals surface area (Å²) in [6, 6.07) is 7.84. The Bertz CT molecular complexity index is 523. The lowest BCUT2D eigenvalue weighted by atomic mass is 10.0. The molecule has 1 saturated heterocycles. The average Bonchev–Trinajstić information content (AvgIpc) is 2.39. The Balaban J connectivity index is 0.00000242. The van der Waals surface area contributed by atoms with Crippen LogP contribution in [0, 0.1) is 5.92 Å². The van der Waals surface area contributed by atoms with Crippen LogP contribution in [0.1, 0.15) is 12.0 Å². The molecule has 5 nitrogen and oxygen atoms in total. The lowest BCUT2D eigenvalue weighted by Gasteiger charge is -2.26. The van der Waals surface area contributed by atoms with Crippen LogP contribution in [0.15, 0.2) is 28.7 Å². The Morgan fingerprint density at radius 3 is 2.64 bits per heavy atom. The maximum atomic E-state index is 12.0. The van der Waals surface area contributed by atoms with Crippen molar-refractivity contribution in [3.05, 3.63) is 34.3 Å². The summed E-state index contributed by atoms with van der Waals surface area (Å²) in [7, 11) is 1.78. The second-order valence-corrected chi connectivity index (χ2v) is 6.09. The van der Waals surface area contributed by atoms with Gasteiger partial charge in [-0.15, -0.1) is 12.4 Å². The van der Waals surface area contributed by atoms with Crippen LogP contribution in [0.5, 0.6) is 0 Å². The van der Waals surface area contributed by atoms with Crippen LogP contribution in [0.25, 0.3) is 0 Å². The van der Waals surface area contributed by atoms with Crippen molar-refractivity contribution < 1.29 is 9.59 Å². The van der Waals surface area contributed by atoms with Gasteiger partial charge in [0.1, 0.15) is 0 Å². The number of amides is 2. The molecule has 0 saturated carbocycles. The number of nitrogens with zero attached hydrogens (tertiary/aromatic N) is 1. The highest BCUT2D eigenvalue weighted by atomic mass is 79.9. The normalized spacial score (nSPS) is 13.7. The Morgan fingerprint density at radius 1 is 1.36 bits per heavy atom. The van der Waals surface area contributed by atoms with E-state index in [4.69, 9.17) is 0 Å². The minimum Gasteiger partial charge on any atom is -0.355 e. The second kappa shape index (κ2) is 9.12. The maximum absolute atomic E-state index is 12.0. The fourth-order valence-corrected chi connectivity index (χ4v) is 2.48. The summed E-state index contributed by atoms with van der Waals surface area (Å²) in [6.07, 6.45) is 0.326. The highest BCUT2D eigenvalue weighted by Gasteiger charge is 2.24. The van der Waals surface area contributed by atoms with E-state index >= 15 is 0 Å². The van der Waals surface area contributed by atoms with Gasteiger partial charge in [-0.3, -0.25) is 9.59 Å². The molecule has 1 aliphatic rings. The Hall–Kier alpha value is -1.11. The summed E-state index contributed by atoms with van der Waals surface area (Å²) >= 11 is 3.47. The molecular formula is C15H21BrClN3O2. The molecule has 0 atom stereocenters. The average molecular weight is 391 g/mol. The molecule has 22 heavy (non-hydrogen) atoms. The molecule has 1 fully saturated rings. The van der Waals surface area contributed by atoms with Crippen molar-refractivity contribution in [2.45, 2.75) is 13.0 Å². The molecule has 1 aromatic carbocycles. The minimum atomic E-state index is 0. The molecule has 1 aromatic rings. The molecule has 0 aromatic heterocycles. The van der Waals surface area contributed by atoms with E-state index in [2.05, 4.69) is 26.6 Å². The first kappa shape index (κ1) is 18.9. The fraction of sp³-hybridized carbons (Fsp3) is 0.467. The van der Waals surface area contributed by atoms with E-state index < -0.39 is 0 Å². The van der Waals surface area contributed by atoms with Crippen molar-refractivity contribution in [3.8, 4) is 0 Å². The van der Waals surface area contributed by atoms with Crippen molar-refractivity contribution in [1.82, 2.24) is 15.5 Å². The number of nitrogens with one attached hydrogen (secondary N) is 2. The maximum Gasteiger partial charge on any atom is 0.225 e. The smallest absolute Gasteiger partial charge is 0.225 e. The third-order valence-electron chi connectivity index (χ3n) is 3.58. The highest BCUT2D eigenvalue weighted by Crippen LogP contribution is 2.17. The molecule has 0 unspecified atom stereocenters. The van der Waals surface area contributed by atoms with E-state index in [9.17, 15) is 9.59 Å². The van der Waals surface area contributed by atoms with Crippen LogP contribution in [0.3, 0.4) is 0 Å². The van der Waals surface area contributed by atoms with Crippen molar-refractivity contribution in [2.24, 2.45) is 5.92 Å². The third kappa shape index (κ3) is 5.26. The molecule has 122 valence electrons. The summed E-state index contributed by atoms with van der Waals surface area (Å²) in [5.74, 6) is 0.130. The number of hydrogen-bond acceptors (Lipinski definition) is 3. The van der Waals surface area contributed by atoms with Gasteiger partial charge in [-0.25, -0.2) is 0 Å². The summed E-state index contributed by atoms with van der Waals surface area (Å²) in [6.45, 7) is 2.43. The van der Waals surface area contributed by atoms with Crippen LogP contribution in [-0.2, 0) is 16.1 Å². The van der Waals surface area contributed by atoms with Gasteiger partial charge in [0.2, 0.25) is 11.8 Å². The number of carbonyl (C=O) groups is 2. The van der Waals surface area contributed by atoms with Crippen molar-refractivity contribution in [2.75, 3.05) is 26.7 Å². The van der Waals surface area contributed by atoms with Gasteiger partial charge in [0.05, 0.1) is 5.92 Å². The number of hydrogen-bond donors (Lipinski definition) is 2. The van der Waals surface area contributed by atoms with E-state index in [0.717, 1.165) is 23.1 Å². The van der Waals surface area contributed by atoms with Gasteiger partial charge in [-0.05, 0) is 11.6 Å². The van der Waals surface area contributed by atoms with Crippen molar-refractivity contribution in [3.63, 3.8) is 0 Å². The molecule has 2 N–H and O–H groups in total. The zero-order chi connectivity index (χ0) is 15.2. The lowest BCUT2D eigenvalue weighted by molar-refractivity contribution is -0.130. The minimum absolute atomic E-state index is 0. The molecule has 0 bridgehead atoms. The zero-order valence-corrected chi connectivity index (χ0v) is 14.9. The standard InChI is InChI=1S/C15H20BrN3O2.ClH/c1-19(10-11-4-2-3-5-13(11)16)14(20)6-7-18-15(21)12-8-17-9-12;/h2-5,12,17H,6-10H2,1H3,(H,18,21);1H. The van der Waals surface area contributed by atoms with Crippen LogP contribution in [0.2, 0.25) is 0 Å². The fourth-order valence-electron chi connectivity index (χ4n) is 2.07. The SMILES string of the molecule is CN(Cc1ccccc1Br)C(=O)CCNC(=O)C1CNC1.Cl. The zero-order valence-electron chi connectivity index (χ0n) is 12.5. The van der Waals surface area contributed by atoms with Gasteiger partial charge in [0, 0.05) is 44.1 Å². The Morgan fingerprint density at radius 2 is 2.05 bits per heavy atom. The summed E-state index contributed by atoms with van der Waals surface area (Å²) in [5, 5.41) is 5.86. The predicted octanol–water partition coefficient (Wildman–Crippen LogP) is 1.55. The number of carbonyl (C=O) groups excluding carboxylic acids is 2. The predicted molar refractivity (Wildman–Crippen MR) is 91.9 cm³/mol. The third-order valence-corrected chi connectivity index (χ3v) is 4.36. The first-order chi connectivity index (χ1) is 10.1. The first-order valence-corrected chi connectivity index (χ1v) is 7.83. The highest BCUT2D eigenvalue weighted by molar-refractivity contribution is 9.10. The first-order valence-electron chi connectivity index (χ1n) is 7.03. The summed E-state index contributed by atoms with van der Waals surface area (Å²) in [4.78, 5) is 25.3. The van der Waals surface area contributed by atoms with Gasteiger partial charge < -0.3 is 15.5 Å². The van der Waals surface area contributed by atoms with Gasteiger partial charge in [-0.2, -0.15) is 0 Å². The van der Waals surface area contributed by atoms with E-state index in [1.807, 2.05) is 24.3 Å². The molecular weight excluding hydrogens is 370 g/mol. The van der Waals surface area contributed by atoms with E-state index in [0.29, 0.717) is 19.5 Å². The van der Waals surface area contributed by atoms with Gasteiger partial charge in [-0.1, -0.05) is 34.1 Å². The van der Waals surface area contributed by atoms with E-state index in [1.165, 1.54) is 0 Å². The monoisotopic (exact) mass is 389 g/mol. The van der Waals surface area contributed by atoms with Gasteiger partial charge in [0.15, 0.2) is 0 Å². The van der Waals surface area contributed by atoms with E-state index in [1.54, 1.807) is 11.9 Å². The van der Waals surface area contributed by atoms with Crippen LogP contribution in [0.4, 0.5) is 0 Å². The topological polar surface area (TPSA) is 61.4 Å². The van der Waals surface area contributed by atoms with Crippen LogP contribution < -0.4 is 10.6 Å². The van der Waals surface area contributed by atoms with Crippen LogP contribution in [-0.4, -0.2) is 43.4 Å². The molecule has 2 amide bonds.